The molecule has 1 aliphatic rings. The first kappa shape index (κ1) is 11.5. The van der Waals surface area contributed by atoms with Crippen LogP contribution in [0.5, 0.6) is 0 Å². The SMILES string of the molecule is CC(C)c1noc(CN2CCCS2(=O)=O)n1. The molecule has 0 atom stereocenters. The summed E-state index contributed by atoms with van der Waals surface area (Å²) in [4.78, 5) is 4.15. The van der Waals surface area contributed by atoms with E-state index in [-0.39, 0.29) is 18.2 Å². The standard InChI is InChI=1S/C9H15N3O3S/c1-7(2)9-10-8(15-11-9)6-12-4-3-5-16(12,13)14/h7H,3-6H2,1-2H3. The van der Waals surface area contributed by atoms with Crippen LogP contribution in [0.4, 0.5) is 0 Å². The van der Waals surface area contributed by atoms with Crippen molar-refractivity contribution < 1.29 is 12.9 Å². The molecule has 1 aromatic heterocycles. The normalized spacial score (nSPS) is 20.7. The summed E-state index contributed by atoms with van der Waals surface area (Å²) < 4.78 is 29.5. The number of rotatable bonds is 3. The van der Waals surface area contributed by atoms with Gasteiger partial charge in [-0.15, -0.1) is 0 Å². The lowest BCUT2D eigenvalue weighted by atomic mass is 10.2. The van der Waals surface area contributed by atoms with Gasteiger partial charge in [-0.2, -0.15) is 9.29 Å². The van der Waals surface area contributed by atoms with E-state index in [1.807, 2.05) is 13.8 Å². The molecule has 0 spiro atoms. The molecule has 0 amide bonds. The molecule has 90 valence electrons. The molecule has 1 aromatic rings. The van der Waals surface area contributed by atoms with Crippen molar-refractivity contribution in [3.8, 4) is 0 Å². The van der Waals surface area contributed by atoms with Gasteiger partial charge in [0.2, 0.25) is 15.9 Å². The fourth-order valence-electron chi connectivity index (χ4n) is 1.59. The summed E-state index contributed by atoms with van der Waals surface area (Å²) in [7, 11) is -3.09. The summed E-state index contributed by atoms with van der Waals surface area (Å²) in [6.07, 6.45) is 0.674. The highest BCUT2D eigenvalue weighted by Crippen LogP contribution is 2.17. The third kappa shape index (κ3) is 2.25. The molecule has 0 bridgehead atoms. The first-order valence-corrected chi connectivity index (χ1v) is 6.90. The fraction of sp³-hybridized carbons (Fsp3) is 0.778. The molecule has 0 aromatic carbocycles. The van der Waals surface area contributed by atoms with Crippen LogP contribution in [0.3, 0.4) is 0 Å². The monoisotopic (exact) mass is 245 g/mol. The highest BCUT2D eigenvalue weighted by molar-refractivity contribution is 7.89. The summed E-state index contributed by atoms with van der Waals surface area (Å²) in [5.41, 5.74) is 0. The van der Waals surface area contributed by atoms with Crippen LogP contribution in [0.25, 0.3) is 0 Å². The Bertz CT molecular complexity index is 466. The van der Waals surface area contributed by atoms with Crippen LogP contribution in [0.15, 0.2) is 4.52 Å². The van der Waals surface area contributed by atoms with E-state index < -0.39 is 10.0 Å². The minimum absolute atomic E-state index is 0.188. The van der Waals surface area contributed by atoms with Gasteiger partial charge in [0, 0.05) is 12.5 Å². The lowest BCUT2D eigenvalue weighted by molar-refractivity contribution is 0.323. The molecule has 1 fully saturated rings. The van der Waals surface area contributed by atoms with Crippen LogP contribution in [0.2, 0.25) is 0 Å². The third-order valence-corrected chi connectivity index (χ3v) is 4.42. The summed E-state index contributed by atoms with van der Waals surface area (Å²) in [6, 6.07) is 0. The molecule has 1 aliphatic heterocycles. The second-order valence-electron chi connectivity index (χ2n) is 4.20. The van der Waals surface area contributed by atoms with Crippen molar-refractivity contribution in [2.45, 2.75) is 32.7 Å². The van der Waals surface area contributed by atoms with Gasteiger partial charge < -0.3 is 4.52 Å². The van der Waals surface area contributed by atoms with Crippen molar-refractivity contribution in [1.29, 1.82) is 0 Å². The Morgan fingerprint density at radius 1 is 1.50 bits per heavy atom. The van der Waals surface area contributed by atoms with Gasteiger partial charge in [0.15, 0.2) is 5.82 Å². The van der Waals surface area contributed by atoms with Gasteiger partial charge in [-0.3, -0.25) is 0 Å². The molecule has 0 N–H and O–H groups in total. The molecule has 0 radical (unpaired) electrons. The zero-order chi connectivity index (χ0) is 11.8. The Labute approximate surface area is 94.7 Å². The number of sulfonamides is 1. The molecule has 0 unspecified atom stereocenters. The smallest absolute Gasteiger partial charge is 0.241 e. The summed E-state index contributed by atoms with van der Waals surface area (Å²) in [5.74, 6) is 1.39. The van der Waals surface area contributed by atoms with Crippen LogP contribution < -0.4 is 0 Å². The Morgan fingerprint density at radius 3 is 2.75 bits per heavy atom. The van der Waals surface area contributed by atoms with Gasteiger partial charge >= 0.3 is 0 Å². The molecule has 7 heteroatoms. The van der Waals surface area contributed by atoms with Gasteiger partial charge in [-0.25, -0.2) is 8.42 Å². The predicted molar refractivity (Wildman–Crippen MR) is 57.2 cm³/mol. The van der Waals surface area contributed by atoms with Crippen molar-refractivity contribution in [2.24, 2.45) is 0 Å². The minimum Gasteiger partial charge on any atom is -0.338 e. The van der Waals surface area contributed by atoms with Crippen molar-refractivity contribution in [1.82, 2.24) is 14.4 Å². The van der Waals surface area contributed by atoms with E-state index in [1.165, 1.54) is 4.31 Å². The lowest BCUT2D eigenvalue weighted by Crippen LogP contribution is -2.25. The molecule has 2 heterocycles. The van der Waals surface area contributed by atoms with Gasteiger partial charge in [-0.05, 0) is 6.42 Å². The summed E-state index contributed by atoms with van der Waals surface area (Å²) in [5, 5.41) is 3.80. The van der Waals surface area contributed by atoms with Crippen LogP contribution in [0, 0.1) is 0 Å². The molecular formula is C9H15N3O3S. The number of aromatic nitrogens is 2. The van der Waals surface area contributed by atoms with E-state index in [0.717, 1.165) is 0 Å². The zero-order valence-corrected chi connectivity index (χ0v) is 10.2. The largest absolute Gasteiger partial charge is 0.338 e. The molecule has 1 saturated heterocycles. The van der Waals surface area contributed by atoms with Crippen LogP contribution in [-0.4, -0.2) is 35.2 Å². The zero-order valence-electron chi connectivity index (χ0n) is 9.38. The first-order valence-electron chi connectivity index (χ1n) is 5.29. The number of hydrogen-bond acceptors (Lipinski definition) is 5. The Morgan fingerprint density at radius 2 is 2.25 bits per heavy atom. The number of hydrogen-bond donors (Lipinski definition) is 0. The van der Waals surface area contributed by atoms with Gasteiger partial charge in [0.25, 0.3) is 0 Å². The van der Waals surface area contributed by atoms with Crippen molar-refractivity contribution >= 4 is 10.0 Å². The minimum atomic E-state index is -3.09. The summed E-state index contributed by atoms with van der Waals surface area (Å²) in [6.45, 7) is 4.66. The van der Waals surface area contributed by atoms with Crippen LogP contribution in [0.1, 0.15) is 37.9 Å². The quantitative estimate of drug-likeness (QED) is 0.784. The van der Waals surface area contributed by atoms with Crippen molar-refractivity contribution in [2.75, 3.05) is 12.3 Å². The average molecular weight is 245 g/mol. The molecule has 16 heavy (non-hydrogen) atoms. The van der Waals surface area contributed by atoms with Gasteiger partial charge in [0.05, 0.1) is 12.3 Å². The lowest BCUT2D eigenvalue weighted by Gasteiger charge is -2.10. The molecule has 2 rings (SSSR count). The Balaban J connectivity index is 2.09. The maximum Gasteiger partial charge on any atom is 0.241 e. The maximum atomic E-state index is 11.5. The van der Waals surface area contributed by atoms with E-state index in [4.69, 9.17) is 4.52 Å². The second-order valence-corrected chi connectivity index (χ2v) is 6.29. The second kappa shape index (κ2) is 4.14. The molecular weight excluding hydrogens is 230 g/mol. The first-order chi connectivity index (χ1) is 7.49. The van der Waals surface area contributed by atoms with E-state index in [9.17, 15) is 8.42 Å². The predicted octanol–water partition coefficient (Wildman–Crippen LogP) is 0.729. The van der Waals surface area contributed by atoms with Crippen LogP contribution in [-0.2, 0) is 16.6 Å². The van der Waals surface area contributed by atoms with E-state index in [0.29, 0.717) is 24.7 Å². The molecule has 0 aliphatic carbocycles. The highest BCUT2D eigenvalue weighted by atomic mass is 32.2. The molecule has 0 saturated carbocycles. The van der Waals surface area contributed by atoms with E-state index in [2.05, 4.69) is 10.1 Å². The Hall–Kier alpha value is -0.950. The van der Waals surface area contributed by atoms with Crippen LogP contribution >= 0.6 is 0 Å². The Kier molecular flexibility index (Phi) is 2.98. The van der Waals surface area contributed by atoms with Crippen molar-refractivity contribution in [3.63, 3.8) is 0 Å². The van der Waals surface area contributed by atoms with E-state index in [1.54, 1.807) is 0 Å². The topological polar surface area (TPSA) is 76.3 Å². The maximum absolute atomic E-state index is 11.5. The van der Waals surface area contributed by atoms with Crippen molar-refractivity contribution in [3.05, 3.63) is 11.7 Å². The van der Waals surface area contributed by atoms with E-state index >= 15 is 0 Å². The fourth-order valence-corrected chi connectivity index (χ4v) is 3.05. The highest BCUT2D eigenvalue weighted by Gasteiger charge is 2.29. The average Bonchev–Trinajstić information content (AvgIpc) is 2.75. The number of nitrogens with zero attached hydrogens (tertiary/aromatic N) is 3. The van der Waals surface area contributed by atoms with Gasteiger partial charge in [-0.1, -0.05) is 19.0 Å². The molecule has 6 nitrogen and oxygen atoms in total. The van der Waals surface area contributed by atoms with Gasteiger partial charge in [0.1, 0.15) is 0 Å². The third-order valence-electron chi connectivity index (χ3n) is 2.52. The summed E-state index contributed by atoms with van der Waals surface area (Å²) >= 11 is 0.